The number of carbonyl (C=O) groups is 1. The molecule has 0 bridgehead atoms. The third kappa shape index (κ3) is 4.27. The summed E-state index contributed by atoms with van der Waals surface area (Å²) in [5, 5.41) is 0.501. The van der Waals surface area contributed by atoms with Crippen molar-refractivity contribution in [3.05, 3.63) is 70.3 Å². The average molecular weight is 352 g/mol. The summed E-state index contributed by atoms with van der Waals surface area (Å²) in [7, 11) is 0. The van der Waals surface area contributed by atoms with E-state index in [1.165, 1.54) is 0 Å². The van der Waals surface area contributed by atoms with Crippen molar-refractivity contribution < 1.29 is 14.3 Å². The average Bonchev–Trinajstić information content (AvgIpc) is 2.63. The van der Waals surface area contributed by atoms with Gasteiger partial charge in [-0.15, -0.1) is 0 Å². The maximum Gasteiger partial charge on any atom is 0.309 e. The number of fused-ring (bicyclic) bond motifs is 1. The van der Waals surface area contributed by atoms with Crippen LogP contribution in [0.5, 0.6) is 5.75 Å². The first kappa shape index (κ1) is 17.7. The van der Waals surface area contributed by atoms with Crippen LogP contribution in [0.25, 0.3) is 10.9 Å². The maximum atomic E-state index is 12.1. The fourth-order valence-electron chi connectivity index (χ4n) is 2.50. The number of hydrogen-bond donors (Lipinski definition) is 1. The summed E-state index contributed by atoms with van der Waals surface area (Å²) in [6.45, 7) is 3.88. The van der Waals surface area contributed by atoms with Crippen molar-refractivity contribution >= 4 is 16.9 Å². The van der Waals surface area contributed by atoms with Gasteiger partial charge in [-0.3, -0.25) is 9.59 Å². The molecule has 1 unspecified atom stereocenters. The molecule has 0 amide bonds. The van der Waals surface area contributed by atoms with E-state index in [2.05, 4.69) is 9.97 Å². The topological polar surface area (TPSA) is 81.3 Å². The predicted octanol–water partition coefficient (Wildman–Crippen LogP) is 3.30. The van der Waals surface area contributed by atoms with E-state index in [4.69, 9.17) is 9.47 Å². The molecule has 0 spiro atoms. The quantitative estimate of drug-likeness (QED) is 0.688. The van der Waals surface area contributed by atoms with E-state index in [1.807, 2.05) is 31.2 Å². The Bertz CT molecular complexity index is 963. The first-order chi connectivity index (χ1) is 12.5. The Labute approximate surface area is 150 Å². The van der Waals surface area contributed by atoms with Crippen molar-refractivity contribution in [2.45, 2.75) is 26.4 Å². The highest BCUT2D eigenvalue weighted by Crippen LogP contribution is 2.16. The predicted molar refractivity (Wildman–Crippen MR) is 98.2 cm³/mol. The van der Waals surface area contributed by atoms with Crippen LogP contribution in [0.4, 0.5) is 0 Å². The minimum Gasteiger partial charge on any atom is -0.493 e. The maximum absolute atomic E-state index is 12.1. The number of aromatic amines is 1. The Kier molecular flexibility index (Phi) is 5.31. The molecule has 3 aromatic rings. The number of hydrogen-bond acceptors (Lipinski definition) is 5. The van der Waals surface area contributed by atoms with Crippen molar-refractivity contribution in [2.24, 2.45) is 0 Å². The molecule has 0 aliphatic carbocycles. The summed E-state index contributed by atoms with van der Waals surface area (Å²) in [6.07, 6.45) is -0.546. The minimum absolute atomic E-state index is 0.107. The molecule has 26 heavy (non-hydrogen) atoms. The van der Waals surface area contributed by atoms with Crippen LogP contribution in [0, 0.1) is 6.92 Å². The van der Waals surface area contributed by atoms with Crippen LogP contribution in [0.15, 0.2) is 53.3 Å². The van der Waals surface area contributed by atoms with Gasteiger partial charge >= 0.3 is 5.97 Å². The van der Waals surface area contributed by atoms with Gasteiger partial charge in [-0.1, -0.05) is 29.8 Å². The minimum atomic E-state index is -0.654. The van der Waals surface area contributed by atoms with E-state index in [-0.39, 0.29) is 18.6 Å². The molecule has 1 heterocycles. The number of aromatic nitrogens is 2. The molecule has 6 nitrogen and oxygen atoms in total. The van der Waals surface area contributed by atoms with Gasteiger partial charge < -0.3 is 14.5 Å². The van der Waals surface area contributed by atoms with Crippen LogP contribution in [0.2, 0.25) is 0 Å². The summed E-state index contributed by atoms with van der Waals surface area (Å²) < 4.78 is 10.9. The summed E-state index contributed by atoms with van der Waals surface area (Å²) in [6, 6.07) is 14.6. The highest BCUT2D eigenvalue weighted by molar-refractivity contribution is 5.77. The number of ether oxygens (including phenoxy) is 2. The third-order valence-corrected chi connectivity index (χ3v) is 3.92. The zero-order valence-electron chi connectivity index (χ0n) is 14.7. The normalized spacial score (nSPS) is 11.9. The Morgan fingerprint density at radius 2 is 1.88 bits per heavy atom. The van der Waals surface area contributed by atoms with Crippen molar-refractivity contribution in [3.8, 4) is 5.75 Å². The van der Waals surface area contributed by atoms with Crippen LogP contribution >= 0.6 is 0 Å². The second kappa shape index (κ2) is 7.82. The zero-order valence-corrected chi connectivity index (χ0v) is 14.7. The molecule has 0 aliphatic rings. The van der Waals surface area contributed by atoms with Crippen molar-refractivity contribution in [1.29, 1.82) is 0 Å². The number of H-pyrrole nitrogens is 1. The van der Waals surface area contributed by atoms with E-state index in [0.29, 0.717) is 22.5 Å². The molecular formula is C20H20N2O4. The molecule has 1 aromatic heterocycles. The smallest absolute Gasteiger partial charge is 0.309 e. The zero-order chi connectivity index (χ0) is 18.5. The second-order valence-corrected chi connectivity index (χ2v) is 6.01. The molecule has 1 N–H and O–H groups in total. The van der Waals surface area contributed by atoms with Gasteiger partial charge in [0.15, 0.2) is 11.9 Å². The Morgan fingerprint density at radius 3 is 2.65 bits per heavy atom. The van der Waals surface area contributed by atoms with Gasteiger partial charge in [-0.2, -0.15) is 0 Å². The Morgan fingerprint density at radius 1 is 1.15 bits per heavy atom. The lowest BCUT2D eigenvalue weighted by atomic mass is 10.2. The lowest BCUT2D eigenvalue weighted by Gasteiger charge is -2.13. The third-order valence-electron chi connectivity index (χ3n) is 3.92. The van der Waals surface area contributed by atoms with Gasteiger partial charge in [0.25, 0.3) is 5.56 Å². The number of carbonyl (C=O) groups excluding carboxylic acids is 1. The van der Waals surface area contributed by atoms with Gasteiger partial charge in [0.2, 0.25) is 0 Å². The van der Waals surface area contributed by atoms with E-state index < -0.39 is 12.1 Å². The van der Waals surface area contributed by atoms with E-state index in [9.17, 15) is 9.59 Å². The van der Waals surface area contributed by atoms with Crippen LogP contribution in [0.1, 0.15) is 30.8 Å². The molecule has 3 rings (SSSR count). The second-order valence-electron chi connectivity index (χ2n) is 6.01. The first-order valence-corrected chi connectivity index (χ1v) is 8.41. The number of aryl methyl sites for hydroxylation is 1. The number of nitrogens with zero attached hydrogens (tertiary/aromatic N) is 1. The number of rotatable bonds is 6. The van der Waals surface area contributed by atoms with Crippen molar-refractivity contribution in [3.63, 3.8) is 0 Å². The molecule has 0 saturated heterocycles. The number of benzene rings is 2. The summed E-state index contributed by atoms with van der Waals surface area (Å²) in [4.78, 5) is 31.1. The molecule has 2 aromatic carbocycles. The van der Waals surface area contributed by atoms with E-state index in [0.717, 1.165) is 5.56 Å². The molecule has 0 aliphatic heterocycles. The summed E-state index contributed by atoms with van der Waals surface area (Å²) >= 11 is 0. The van der Waals surface area contributed by atoms with Gasteiger partial charge in [0.1, 0.15) is 5.75 Å². The number of esters is 1. The standard InChI is InChI=1S/C20H20N2O4/c1-13-7-9-15(10-8-13)25-12-11-18(23)26-14(2)19-21-17-6-4-3-5-16(17)20(24)22-19/h3-10,14H,11-12H2,1-2H3,(H,21,22,24). The van der Waals surface area contributed by atoms with Gasteiger partial charge in [-0.25, -0.2) is 4.98 Å². The van der Waals surface area contributed by atoms with Crippen LogP contribution in [0.3, 0.4) is 0 Å². The largest absolute Gasteiger partial charge is 0.493 e. The number of para-hydroxylation sites is 1. The highest BCUT2D eigenvalue weighted by atomic mass is 16.5. The van der Waals surface area contributed by atoms with Gasteiger partial charge in [-0.05, 0) is 38.1 Å². The van der Waals surface area contributed by atoms with Crippen LogP contribution < -0.4 is 10.3 Å². The SMILES string of the molecule is Cc1ccc(OCCC(=O)OC(C)c2nc3ccccc3c(=O)[nH]2)cc1. The molecule has 0 saturated carbocycles. The lowest BCUT2D eigenvalue weighted by molar-refractivity contribution is -0.149. The first-order valence-electron chi connectivity index (χ1n) is 8.41. The molecule has 134 valence electrons. The summed E-state index contributed by atoms with van der Waals surface area (Å²) in [5.74, 6) is 0.610. The Balaban J connectivity index is 1.57. The molecule has 0 radical (unpaired) electrons. The monoisotopic (exact) mass is 352 g/mol. The van der Waals surface area contributed by atoms with E-state index in [1.54, 1.807) is 31.2 Å². The Hall–Kier alpha value is -3.15. The van der Waals surface area contributed by atoms with Crippen LogP contribution in [-0.2, 0) is 9.53 Å². The molecule has 0 fully saturated rings. The van der Waals surface area contributed by atoms with Crippen molar-refractivity contribution in [2.75, 3.05) is 6.61 Å². The van der Waals surface area contributed by atoms with Gasteiger partial charge in [0, 0.05) is 0 Å². The number of nitrogens with one attached hydrogen (secondary N) is 1. The fourth-order valence-corrected chi connectivity index (χ4v) is 2.50. The molecule has 1 atom stereocenters. The molecular weight excluding hydrogens is 332 g/mol. The van der Waals surface area contributed by atoms with Crippen molar-refractivity contribution in [1.82, 2.24) is 9.97 Å². The molecule has 6 heteroatoms. The van der Waals surface area contributed by atoms with Gasteiger partial charge in [0.05, 0.1) is 23.9 Å². The summed E-state index contributed by atoms with van der Waals surface area (Å²) in [5.41, 5.74) is 1.45. The lowest BCUT2D eigenvalue weighted by Crippen LogP contribution is -2.18. The highest BCUT2D eigenvalue weighted by Gasteiger charge is 2.15. The van der Waals surface area contributed by atoms with E-state index >= 15 is 0 Å². The van der Waals surface area contributed by atoms with Crippen LogP contribution in [-0.4, -0.2) is 22.5 Å². The fraction of sp³-hybridized carbons (Fsp3) is 0.250.